The summed E-state index contributed by atoms with van der Waals surface area (Å²) in [5.74, 6) is 0.583. The van der Waals surface area contributed by atoms with Crippen LogP contribution in [0.4, 0.5) is 5.69 Å². The molecule has 150 valence electrons. The molecule has 0 atom stereocenters. The molecular weight excluding hydrogens is 394 g/mol. The van der Waals surface area contributed by atoms with Crippen LogP contribution in [0.15, 0.2) is 52.7 Å². The van der Waals surface area contributed by atoms with Gasteiger partial charge < -0.3 is 0 Å². The molecule has 0 bridgehead atoms. The molecule has 1 aliphatic carbocycles. The van der Waals surface area contributed by atoms with Gasteiger partial charge in [-0.2, -0.15) is 23.0 Å². The van der Waals surface area contributed by atoms with Crippen molar-refractivity contribution in [2.45, 2.75) is 30.6 Å². The van der Waals surface area contributed by atoms with E-state index in [1.165, 1.54) is 43.8 Å². The molecule has 10 heteroatoms. The fourth-order valence-electron chi connectivity index (χ4n) is 3.11. The number of hydrogen-bond donors (Lipinski definition) is 0. The number of hydrogen-bond acceptors (Lipinski definition) is 6. The van der Waals surface area contributed by atoms with Crippen LogP contribution >= 0.6 is 0 Å². The first kappa shape index (κ1) is 19.1. The predicted octanol–water partition coefficient (Wildman–Crippen LogP) is 3.08. The molecule has 2 heterocycles. The van der Waals surface area contributed by atoms with E-state index in [4.69, 9.17) is 0 Å². The van der Waals surface area contributed by atoms with E-state index in [1.807, 2.05) is 18.3 Å². The monoisotopic (exact) mass is 413 g/mol. The second-order valence-electron chi connectivity index (χ2n) is 7.05. The summed E-state index contributed by atoms with van der Waals surface area (Å²) in [6.07, 6.45) is 7.29. The molecule has 4 rings (SSSR count). The Hall–Kier alpha value is -3.27. The van der Waals surface area contributed by atoms with Crippen molar-refractivity contribution < 1.29 is 13.3 Å². The van der Waals surface area contributed by atoms with Crippen LogP contribution in [-0.4, -0.2) is 40.6 Å². The van der Waals surface area contributed by atoms with Gasteiger partial charge in [-0.1, -0.05) is 6.07 Å². The van der Waals surface area contributed by atoms with E-state index in [1.54, 1.807) is 17.6 Å². The maximum Gasteiger partial charge on any atom is 0.279 e. The van der Waals surface area contributed by atoms with Gasteiger partial charge >= 0.3 is 0 Å². The zero-order valence-corrected chi connectivity index (χ0v) is 16.7. The molecule has 1 aliphatic rings. The van der Waals surface area contributed by atoms with Gasteiger partial charge in [0.05, 0.1) is 27.7 Å². The highest BCUT2D eigenvalue weighted by Gasteiger charge is 2.25. The summed E-state index contributed by atoms with van der Waals surface area (Å²) in [5, 5.41) is 19.3. The third kappa shape index (κ3) is 3.58. The van der Waals surface area contributed by atoms with Gasteiger partial charge in [0.25, 0.3) is 15.7 Å². The first-order valence-electron chi connectivity index (χ1n) is 9.02. The van der Waals surface area contributed by atoms with E-state index in [2.05, 4.69) is 10.2 Å². The van der Waals surface area contributed by atoms with Crippen molar-refractivity contribution in [3.8, 4) is 0 Å². The number of fused-ring (bicyclic) bond motifs is 1. The standard InChI is InChI=1S/C19H19N5O4S/c1-13-3-6-17(24(25)26)10-19(13)29(27,28)22(2)20-11-16-12-21-23-8-7-15(9-18(16)23)14-4-5-14/h3,6-12,14H,4-5H2,1-2H3/b20-11+. The summed E-state index contributed by atoms with van der Waals surface area (Å²) in [6.45, 7) is 1.58. The summed E-state index contributed by atoms with van der Waals surface area (Å²) >= 11 is 0. The second kappa shape index (κ2) is 6.96. The smallest absolute Gasteiger partial charge is 0.258 e. The topological polar surface area (TPSA) is 110 Å². The SMILES string of the molecule is Cc1ccc([N+](=O)[O-])cc1S(=O)(=O)N(C)/N=C/c1cnn2ccc(C3CC3)cc12. The van der Waals surface area contributed by atoms with E-state index in [0.717, 1.165) is 16.0 Å². The molecule has 3 aromatic rings. The van der Waals surface area contributed by atoms with Gasteiger partial charge in [0, 0.05) is 30.9 Å². The number of rotatable bonds is 6. The quantitative estimate of drug-likeness (QED) is 0.350. The number of hydrazone groups is 1. The number of aryl methyl sites for hydroxylation is 1. The van der Waals surface area contributed by atoms with Gasteiger partial charge in [0.1, 0.15) is 0 Å². The molecule has 1 aromatic carbocycles. The minimum atomic E-state index is -4.04. The fourth-order valence-corrected chi connectivity index (χ4v) is 4.31. The molecule has 1 fully saturated rings. The lowest BCUT2D eigenvalue weighted by atomic mass is 10.1. The normalized spacial score (nSPS) is 14.6. The molecule has 0 radical (unpaired) electrons. The number of nitro benzene ring substituents is 1. The molecule has 0 aliphatic heterocycles. The Bertz CT molecular complexity index is 1240. The molecule has 2 aromatic heterocycles. The number of nitrogens with zero attached hydrogens (tertiary/aromatic N) is 5. The van der Waals surface area contributed by atoms with Gasteiger partial charge in [0.2, 0.25) is 0 Å². The molecule has 0 spiro atoms. The zero-order chi connectivity index (χ0) is 20.8. The van der Waals surface area contributed by atoms with Crippen molar-refractivity contribution in [3.05, 3.63) is 69.5 Å². The second-order valence-corrected chi connectivity index (χ2v) is 8.97. The molecule has 0 unspecified atom stereocenters. The Morgan fingerprint density at radius 2 is 2.07 bits per heavy atom. The molecular formula is C19H19N5O4S. The Morgan fingerprint density at radius 1 is 1.31 bits per heavy atom. The maximum atomic E-state index is 12.9. The minimum absolute atomic E-state index is 0.151. The highest BCUT2D eigenvalue weighted by molar-refractivity contribution is 7.89. The van der Waals surface area contributed by atoms with E-state index in [-0.39, 0.29) is 10.6 Å². The van der Waals surface area contributed by atoms with E-state index in [9.17, 15) is 18.5 Å². The van der Waals surface area contributed by atoms with Gasteiger partial charge in [-0.25, -0.2) is 4.52 Å². The van der Waals surface area contributed by atoms with Crippen molar-refractivity contribution in [2.75, 3.05) is 7.05 Å². The minimum Gasteiger partial charge on any atom is -0.258 e. The van der Waals surface area contributed by atoms with Crippen molar-refractivity contribution in [2.24, 2.45) is 5.10 Å². The van der Waals surface area contributed by atoms with Crippen LogP contribution < -0.4 is 0 Å². The average molecular weight is 413 g/mol. The molecule has 9 nitrogen and oxygen atoms in total. The summed E-state index contributed by atoms with van der Waals surface area (Å²) in [5.41, 5.74) is 2.88. The van der Waals surface area contributed by atoms with Gasteiger partial charge in [-0.05, 0) is 48.9 Å². The maximum absolute atomic E-state index is 12.9. The Balaban J connectivity index is 1.65. The highest BCUT2D eigenvalue weighted by Crippen LogP contribution is 2.40. The predicted molar refractivity (Wildman–Crippen MR) is 108 cm³/mol. The molecule has 1 saturated carbocycles. The van der Waals surface area contributed by atoms with Crippen LogP contribution in [0.25, 0.3) is 5.52 Å². The fraction of sp³-hybridized carbons (Fsp3) is 0.263. The van der Waals surface area contributed by atoms with Crippen molar-refractivity contribution >= 4 is 27.4 Å². The van der Waals surface area contributed by atoms with Gasteiger partial charge in [-0.15, -0.1) is 0 Å². The largest absolute Gasteiger partial charge is 0.279 e. The number of nitro groups is 1. The number of pyridine rings is 1. The van der Waals surface area contributed by atoms with Gasteiger partial charge in [0.15, 0.2) is 0 Å². The van der Waals surface area contributed by atoms with Crippen LogP contribution in [0.3, 0.4) is 0 Å². The average Bonchev–Trinajstić information content (AvgIpc) is 3.46. The van der Waals surface area contributed by atoms with Crippen LogP contribution in [0.2, 0.25) is 0 Å². The van der Waals surface area contributed by atoms with Crippen LogP contribution in [0.1, 0.15) is 35.4 Å². The summed E-state index contributed by atoms with van der Waals surface area (Å²) in [6, 6.07) is 7.82. The highest BCUT2D eigenvalue weighted by atomic mass is 32.2. The molecule has 0 saturated heterocycles. The lowest BCUT2D eigenvalue weighted by Crippen LogP contribution is -2.22. The molecule has 0 amide bonds. The third-order valence-electron chi connectivity index (χ3n) is 4.99. The van der Waals surface area contributed by atoms with Crippen molar-refractivity contribution in [3.63, 3.8) is 0 Å². The number of benzene rings is 1. The Labute approximate surface area is 167 Å². The molecule has 0 N–H and O–H groups in total. The summed E-state index contributed by atoms with van der Waals surface area (Å²) in [4.78, 5) is 10.2. The summed E-state index contributed by atoms with van der Waals surface area (Å²) in [7, 11) is -2.74. The first-order chi connectivity index (χ1) is 13.8. The van der Waals surface area contributed by atoms with Crippen LogP contribution in [0.5, 0.6) is 0 Å². The van der Waals surface area contributed by atoms with E-state index in [0.29, 0.717) is 17.0 Å². The van der Waals surface area contributed by atoms with Crippen molar-refractivity contribution in [1.29, 1.82) is 0 Å². The van der Waals surface area contributed by atoms with E-state index >= 15 is 0 Å². The van der Waals surface area contributed by atoms with Crippen LogP contribution in [0, 0.1) is 17.0 Å². The van der Waals surface area contributed by atoms with Gasteiger partial charge in [-0.3, -0.25) is 10.1 Å². The lowest BCUT2D eigenvalue weighted by Gasteiger charge is -2.15. The van der Waals surface area contributed by atoms with Crippen LogP contribution in [-0.2, 0) is 10.0 Å². The van der Waals surface area contributed by atoms with E-state index < -0.39 is 14.9 Å². The first-order valence-corrected chi connectivity index (χ1v) is 10.5. The third-order valence-corrected chi connectivity index (χ3v) is 6.78. The Morgan fingerprint density at radius 3 is 2.76 bits per heavy atom. The summed E-state index contributed by atoms with van der Waals surface area (Å²) < 4.78 is 28.3. The number of aromatic nitrogens is 2. The zero-order valence-electron chi connectivity index (χ0n) is 15.9. The molecule has 29 heavy (non-hydrogen) atoms. The lowest BCUT2D eigenvalue weighted by molar-refractivity contribution is -0.385. The number of sulfonamides is 1. The Kier molecular flexibility index (Phi) is 4.58. The number of non-ortho nitro benzene ring substituents is 1. The van der Waals surface area contributed by atoms with Crippen molar-refractivity contribution in [1.82, 2.24) is 14.0 Å².